The summed E-state index contributed by atoms with van der Waals surface area (Å²) in [5.74, 6) is -0.491. The number of amides is 1. The van der Waals surface area contributed by atoms with Gasteiger partial charge in [-0.05, 0) is 25.3 Å². The van der Waals surface area contributed by atoms with Crippen LogP contribution >= 0.6 is 0 Å². The number of carbonyl (C=O) groups is 1. The van der Waals surface area contributed by atoms with E-state index in [1.807, 2.05) is 19.1 Å². The molecule has 0 atom stereocenters. The second kappa shape index (κ2) is 7.43. The zero-order valence-corrected chi connectivity index (χ0v) is 18.3. The average molecular weight is 454 g/mol. The molecule has 4 aromatic rings. The normalized spacial score (nSPS) is 13.2. The molecule has 5 rings (SSSR count). The molecule has 33 heavy (non-hydrogen) atoms. The lowest BCUT2D eigenvalue weighted by molar-refractivity contribution is -0.143. The number of carbonyl (C=O) groups excluding carboxylic acids is 1. The van der Waals surface area contributed by atoms with Crippen LogP contribution in [0.1, 0.15) is 38.6 Å². The smallest absolute Gasteiger partial charge is 0.336 e. The molecule has 1 aliphatic carbocycles. The van der Waals surface area contributed by atoms with Crippen molar-refractivity contribution in [3.63, 3.8) is 0 Å². The number of alkyl halides is 3. The number of hydrogen-bond acceptors (Lipinski definition) is 4. The molecule has 0 radical (unpaired) electrons. The molecule has 1 amide bonds. The highest BCUT2D eigenvalue weighted by atomic mass is 19.4. The number of benzene rings is 1. The van der Waals surface area contributed by atoms with Gasteiger partial charge in [0.25, 0.3) is 5.91 Å². The van der Waals surface area contributed by atoms with Gasteiger partial charge in [0.05, 0.1) is 11.9 Å². The van der Waals surface area contributed by atoms with E-state index < -0.39 is 17.8 Å². The summed E-state index contributed by atoms with van der Waals surface area (Å²) >= 11 is 0. The highest BCUT2D eigenvalue weighted by Gasteiger charge is 2.40. The van der Waals surface area contributed by atoms with Crippen molar-refractivity contribution in [1.82, 2.24) is 29.3 Å². The number of nitrogens with zero attached hydrogens (tertiary/aromatic N) is 6. The van der Waals surface area contributed by atoms with Gasteiger partial charge in [-0.1, -0.05) is 24.3 Å². The van der Waals surface area contributed by atoms with Crippen LogP contribution in [0.3, 0.4) is 0 Å². The minimum atomic E-state index is -4.65. The molecule has 7 nitrogen and oxygen atoms in total. The van der Waals surface area contributed by atoms with Gasteiger partial charge >= 0.3 is 6.18 Å². The molecule has 0 N–H and O–H groups in total. The van der Waals surface area contributed by atoms with Crippen molar-refractivity contribution in [1.29, 1.82) is 0 Å². The van der Waals surface area contributed by atoms with Crippen molar-refractivity contribution >= 4 is 11.6 Å². The number of aromatic nitrogens is 5. The molecule has 10 heteroatoms. The van der Waals surface area contributed by atoms with E-state index >= 15 is 0 Å². The van der Waals surface area contributed by atoms with Crippen LogP contribution < -0.4 is 0 Å². The molecule has 1 aliphatic rings. The maximum absolute atomic E-state index is 14.2. The Balaban J connectivity index is 1.60. The molecule has 0 spiro atoms. The summed E-state index contributed by atoms with van der Waals surface area (Å²) < 4.78 is 45.0. The fourth-order valence-electron chi connectivity index (χ4n) is 4.34. The third-order valence-electron chi connectivity index (χ3n) is 6.20. The largest absolute Gasteiger partial charge is 0.433 e. The second-order valence-corrected chi connectivity index (χ2v) is 8.28. The Morgan fingerprint density at radius 1 is 1.21 bits per heavy atom. The molecule has 3 heterocycles. The Hall–Kier alpha value is -3.69. The molecule has 3 aromatic heterocycles. The van der Waals surface area contributed by atoms with Crippen LogP contribution in [0.25, 0.3) is 16.9 Å². The lowest BCUT2D eigenvalue weighted by Gasteiger charge is -2.23. The zero-order chi connectivity index (χ0) is 23.5. The van der Waals surface area contributed by atoms with Gasteiger partial charge in [0, 0.05) is 49.1 Å². The zero-order valence-electron chi connectivity index (χ0n) is 18.3. The summed E-state index contributed by atoms with van der Waals surface area (Å²) in [4.78, 5) is 19.0. The van der Waals surface area contributed by atoms with Crippen molar-refractivity contribution in [2.24, 2.45) is 7.05 Å². The SMILES string of the molecule is Cc1c(CN(C)C(=O)c2cc3nc4c(c(C(F)(F)F)n3n2)CCc2ccccc2-4)cnn1C. The number of rotatable bonds is 3. The third-order valence-corrected chi connectivity index (χ3v) is 6.20. The molecular weight excluding hydrogens is 433 g/mol. The Kier molecular flexibility index (Phi) is 4.77. The number of aryl methyl sites for hydroxylation is 2. The van der Waals surface area contributed by atoms with Crippen molar-refractivity contribution < 1.29 is 18.0 Å². The van der Waals surface area contributed by atoms with Crippen LogP contribution in [0.2, 0.25) is 0 Å². The van der Waals surface area contributed by atoms with Gasteiger partial charge in [0.2, 0.25) is 0 Å². The van der Waals surface area contributed by atoms with E-state index in [0.29, 0.717) is 17.7 Å². The maximum atomic E-state index is 14.2. The van der Waals surface area contributed by atoms with Gasteiger partial charge < -0.3 is 4.90 Å². The van der Waals surface area contributed by atoms with E-state index in [1.54, 1.807) is 37.1 Å². The summed E-state index contributed by atoms with van der Waals surface area (Å²) in [5.41, 5.74) is 2.82. The fourth-order valence-corrected chi connectivity index (χ4v) is 4.34. The first kappa shape index (κ1) is 21.2. The van der Waals surface area contributed by atoms with E-state index in [1.165, 1.54) is 11.0 Å². The highest BCUT2D eigenvalue weighted by molar-refractivity contribution is 5.93. The average Bonchev–Trinajstić information content (AvgIpc) is 3.34. The first-order chi connectivity index (χ1) is 15.6. The summed E-state index contributed by atoms with van der Waals surface area (Å²) in [7, 11) is 3.38. The first-order valence-corrected chi connectivity index (χ1v) is 10.5. The van der Waals surface area contributed by atoms with Gasteiger partial charge in [-0.2, -0.15) is 23.4 Å². The van der Waals surface area contributed by atoms with Crippen molar-refractivity contribution in [3.8, 4) is 11.3 Å². The summed E-state index contributed by atoms with van der Waals surface area (Å²) in [5, 5.41) is 8.22. The molecule has 0 saturated heterocycles. The molecule has 0 saturated carbocycles. The van der Waals surface area contributed by atoms with Gasteiger partial charge in [0.15, 0.2) is 17.0 Å². The van der Waals surface area contributed by atoms with Crippen molar-refractivity contribution in [3.05, 3.63) is 70.3 Å². The van der Waals surface area contributed by atoms with E-state index in [2.05, 4.69) is 15.2 Å². The highest BCUT2D eigenvalue weighted by Crippen LogP contribution is 2.40. The third kappa shape index (κ3) is 3.46. The summed E-state index contributed by atoms with van der Waals surface area (Å²) in [6, 6.07) is 8.65. The lowest BCUT2D eigenvalue weighted by atomic mass is 9.88. The summed E-state index contributed by atoms with van der Waals surface area (Å²) in [6.45, 7) is 2.14. The maximum Gasteiger partial charge on any atom is 0.433 e. The van der Waals surface area contributed by atoms with E-state index in [0.717, 1.165) is 21.3 Å². The van der Waals surface area contributed by atoms with E-state index in [4.69, 9.17) is 0 Å². The van der Waals surface area contributed by atoms with Crippen LogP contribution in [0.4, 0.5) is 13.2 Å². The summed E-state index contributed by atoms with van der Waals surface area (Å²) in [6.07, 6.45) is -2.30. The van der Waals surface area contributed by atoms with E-state index in [-0.39, 0.29) is 29.9 Å². The standard InChI is InChI=1S/C23H21F3N6O/c1-13-15(11-27-31(13)3)12-30(2)22(33)18-10-19-28-20-16-7-5-4-6-14(16)8-9-17(20)21(23(24,25)26)32(19)29-18/h4-7,10-11H,8-9,12H2,1-3H3. The number of fused-ring (bicyclic) bond motifs is 4. The van der Waals surface area contributed by atoms with Crippen LogP contribution in [0.15, 0.2) is 36.5 Å². The van der Waals surface area contributed by atoms with Gasteiger partial charge in [-0.3, -0.25) is 9.48 Å². The first-order valence-electron chi connectivity index (χ1n) is 10.5. The molecule has 170 valence electrons. The molecule has 1 aromatic carbocycles. The Morgan fingerprint density at radius 3 is 2.67 bits per heavy atom. The van der Waals surface area contributed by atoms with Crippen LogP contribution in [-0.4, -0.2) is 42.2 Å². The molecular formula is C23H21F3N6O. The molecule has 0 fully saturated rings. The second-order valence-electron chi connectivity index (χ2n) is 8.28. The lowest BCUT2D eigenvalue weighted by Crippen LogP contribution is -2.27. The Labute approximate surface area is 187 Å². The number of halogens is 3. The molecule has 0 bridgehead atoms. The van der Waals surface area contributed by atoms with Crippen LogP contribution in [0.5, 0.6) is 0 Å². The van der Waals surface area contributed by atoms with Gasteiger partial charge in [0.1, 0.15) is 0 Å². The topological polar surface area (TPSA) is 68.3 Å². The van der Waals surface area contributed by atoms with Crippen molar-refractivity contribution in [2.45, 2.75) is 32.5 Å². The Bertz CT molecular complexity index is 1400. The molecule has 0 aliphatic heterocycles. The Morgan fingerprint density at radius 2 is 1.97 bits per heavy atom. The predicted octanol–water partition coefficient (Wildman–Crippen LogP) is 3.83. The van der Waals surface area contributed by atoms with Gasteiger partial charge in [-0.15, -0.1) is 0 Å². The minimum absolute atomic E-state index is 0.00733. The molecule has 0 unspecified atom stereocenters. The predicted molar refractivity (Wildman–Crippen MR) is 115 cm³/mol. The number of hydrogen-bond donors (Lipinski definition) is 0. The quantitative estimate of drug-likeness (QED) is 0.472. The fraction of sp³-hybridized carbons (Fsp3) is 0.304. The minimum Gasteiger partial charge on any atom is -0.336 e. The van der Waals surface area contributed by atoms with Crippen LogP contribution in [-0.2, 0) is 32.6 Å². The van der Waals surface area contributed by atoms with E-state index in [9.17, 15) is 18.0 Å². The van der Waals surface area contributed by atoms with Crippen LogP contribution in [0, 0.1) is 6.92 Å². The van der Waals surface area contributed by atoms with Gasteiger partial charge in [-0.25, -0.2) is 9.50 Å². The monoisotopic (exact) mass is 454 g/mol. The van der Waals surface area contributed by atoms with Crippen molar-refractivity contribution in [2.75, 3.05) is 7.05 Å².